The van der Waals surface area contributed by atoms with Crippen molar-refractivity contribution in [2.24, 2.45) is 5.92 Å². The Morgan fingerprint density at radius 3 is 2.36 bits per heavy atom. The number of anilines is 2. The van der Waals surface area contributed by atoms with E-state index in [1.165, 1.54) is 18.8 Å². The zero-order valence-electron chi connectivity index (χ0n) is 13.5. The van der Waals surface area contributed by atoms with E-state index in [0.717, 1.165) is 18.8 Å². The fourth-order valence-electron chi connectivity index (χ4n) is 2.32. The van der Waals surface area contributed by atoms with E-state index < -0.39 is 0 Å². The molecule has 0 unspecified atom stereocenters. The molecule has 120 valence electrons. The number of quaternary nitrogens is 1. The second-order valence-electron chi connectivity index (χ2n) is 6.09. The molecule has 2 rings (SSSR count). The molecule has 0 saturated carbocycles. The van der Waals surface area contributed by atoms with E-state index in [1.54, 1.807) is 4.90 Å². The lowest BCUT2D eigenvalue weighted by atomic mass is 10.2. The summed E-state index contributed by atoms with van der Waals surface area (Å²) in [6.07, 6.45) is 0. The smallest absolute Gasteiger partial charge is 0.228 e. The predicted molar refractivity (Wildman–Crippen MR) is 94.5 cm³/mol. The number of hydrogen-bond acceptors (Lipinski definition) is 3. The zero-order chi connectivity index (χ0) is 16.1. The molecule has 0 aromatic heterocycles. The van der Waals surface area contributed by atoms with Crippen LogP contribution in [-0.2, 0) is 4.79 Å². The number of amides is 1. The number of rotatable bonds is 3. The molecule has 6 heteroatoms. The molecular formula is C16H25N4OS+. The molecule has 1 heterocycles. The summed E-state index contributed by atoms with van der Waals surface area (Å²) in [5, 5.41) is 6.06. The lowest BCUT2D eigenvalue weighted by Gasteiger charge is -2.31. The summed E-state index contributed by atoms with van der Waals surface area (Å²) in [5.41, 5.74) is 2.12. The van der Waals surface area contributed by atoms with Crippen molar-refractivity contribution >= 4 is 34.6 Å². The first-order valence-electron chi connectivity index (χ1n) is 7.74. The Labute approximate surface area is 137 Å². The van der Waals surface area contributed by atoms with Gasteiger partial charge in [-0.15, -0.1) is 0 Å². The molecule has 0 radical (unpaired) electrons. The molecule has 0 atom stereocenters. The maximum Gasteiger partial charge on any atom is 0.228 e. The third-order valence-electron chi connectivity index (χ3n) is 3.87. The molecule has 1 saturated heterocycles. The second kappa shape index (κ2) is 7.56. The van der Waals surface area contributed by atoms with Gasteiger partial charge in [0.15, 0.2) is 5.11 Å². The average molecular weight is 321 g/mol. The molecule has 1 amide bonds. The summed E-state index contributed by atoms with van der Waals surface area (Å²) in [6.45, 7) is 8.19. The predicted octanol–water partition coefficient (Wildman–Crippen LogP) is 0.490. The average Bonchev–Trinajstić information content (AvgIpc) is 2.48. The summed E-state index contributed by atoms with van der Waals surface area (Å²) in [5.74, 6) is -0.157. The fraction of sp³-hybridized carbons (Fsp3) is 0.500. The molecule has 0 bridgehead atoms. The summed E-state index contributed by atoms with van der Waals surface area (Å²) in [4.78, 5) is 15.6. The highest BCUT2D eigenvalue weighted by molar-refractivity contribution is 7.80. The highest BCUT2D eigenvalue weighted by atomic mass is 32.1. The van der Waals surface area contributed by atoms with Gasteiger partial charge in [0, 0.05) is 17.3 Å². The molecule has 22 heavy (non-hydrogen) atoms. The number of nitrogens with zero attached hydrogens (tertiary/aromatic N) is 1. The molecular weight excluding hydrogens is 296 g/mol. The van der Waals surface area contributed by atoms with E-state index in [2.05, 4.69) is 34.7 Å². The lowest BCUT2D eigenvalue weighted by molar-refractivity contribution is -0.880. The van der Waals surface area contributed by atoms with Gasteiger partial charge in [-0.3, -0.25) is 4.79 Å². The summed E-state index contributed by atoms with van der Waals surface area (Å²) in [7, 11) is 2.23. The van der Waals surface area contributed by atoms with Crippen molar-refractivity contribution < 1.29 is 9.69 Å². The van der Waals surface area contributed by atoms with Crippen molar-refractivity contribution in [1.82, 2.24) is 5.32 Å². The van der Waals surface area contributed by atoms with Crippen LogP contribution >= 0.6 is 12.2 Å². The molecule has 0 spiro atoms. The van der Waals surface area contributed by atoms with E-state index in [1.807, 2.05) is 26.0 Å². The Morgan fingerprint density at radius 1 is 1.23 bits per heavy atom. The van der Waals surface area contributed by atoms with Crippen molar-refractivity contribution in [2.45, 2.75) is 13.8 Å². The number of nitrogens with one attached hydrogen (secondary N) is 3. The standard InChI is InChI=1S/C16H24N4OS/c1-12(2)15(21)18-16(22)17-13-4-6-14(7-5-13)20-10-8-19(3)9-11-20/h4-7,12H,8-11H2,1-3H3,(H2,17,18,21,22)/p+1. The largest absolute Gasteiger partial charge is 0.360 e. The molecule has 3 N–H and O–H groups in total. The Hall–Kier alpha value is -1.66. The van der Waals surface area contributed by atoms with Gasteiger partial charge in [0.2, 0.25) is 5.91 Å². The van der Waals surface area contributed by atoms with Gasteiger partial charge in [0.05, 0.1) is 33.2 Å². The van der Waals surface area contributed by atoms with Gasteiger partial charge in [0.1, 0.15) is 0 Å². The summed E-state index contributed by atoms with van der Waals surface area (Å²) >= 11 is 5.15. The number of thiocarbonyl (C=S) groups is 1. The van der Waals surface area contributed by atoms with Crippen LogP contribution < -0.4 is 20.4 Å². The minimum atomic E-state index is -0.0820. The molecule has 1 aliphatic heterocycles. The fourth-order valence-corrected chi connectivity index (χ4v) is 2.54. The van der Waals surface area contributed by atoms with E-state index in [4.69, 9.17) is 12.2 Å². The van der Waals surface area contributed by atoms with E-state index in [-0.39, 0.29) is 11.8 Å². The van der Waals surface area contributed by atoms with Gasteiger partial charge >= 0.3 is 0 Å². The van der Waals surface area contributed by atoms with Crippen LogP contribution in [-0.4, -0.2) is 44.2 Å². The van der Waals surface area contributed by atoms with Gasteiger partial charge in [-0.1, -0.05) is 13.8 Å². The van der Waals surface area contributed by atoms with E-state index >= 15 is 0 Å². The van der Waals surface area contributed by atoms with Gasteiger partial charge in [-0.25, -0.2) is 0 Å². The third kappa shape index (κ3) is 4.68. The number of likely N-dealkylation sites (N-methyl/N-ethyl adjacent to an activating group) is 1. The summed E-state index contributed by atoms with van der Waals surface area (Å²) < 4.78 is 0. The maximum atomic E-state index is 11.6. The lowest BCUT2D eigenvalue weighted by Crippen LogP contribution is -3.12. The number of hydrogen-bond donors (Lipinski definition) is 3. The van der Waals surface area contributed by atoms with E-state index in [0.29, 0.717) is 5.11 Å². The molecule has 1 aromatic rings. The summed E-state index contributed by atoms with van der Waals surface area (Å²) in [6, 6.07) is 8.18. The minimum absolute atomic E-state index is 0.0749. The molecule has 0 aliphatic carbocycles. The van der Waals surface area contributed by atoms with Crippen molar-refractivity contribution in [3.63, 3.8) is 0 Å². The number of carbonyl (C=O) groups excluding carboxylic acids is 1. The Kier molecular flexibility index (Phi) is 5.74. The van der Waals surface area contributed by atoms with Crippen LogP contribution in [0.4, 0.5) is 11.4 Å². The molecule has 1 aliphatic rings. The van der Waals surface area contributed by atoms with E-state index in [9.17, 15) is 4.79 Å². The van der Waals surface area contributed by atoms with Crippen LogP contribution in [0.3, 0.4) is 0 Å². The van der Waals surface area contributed by atoms with Crippen molar-refractivity contribution in [3.05, 3.63) is 24.3 Å². The molecule has 1 aromatic carbocycles. The minimum Gasteiger partial charge on any atom is -0.360 e. The van der Waals surface area contributed by atoms with Crippen LogP contribution in [0.1, 0.15) is 13.8 Å². The normalized spacial score (nSPS) is 15.7. The maximum absolute atomic E-state index is 11.6. The van der Waals surface area contributed by atoms with Crippen LogP contribution in [0.2, 0.25) is 0 Å². The first-order valence-corrected chi connectivity index (χ1v) is 8.14. The van der Waals surface area contributed by atoms with Crippen molar-refractivity contribution in [3.8, 4) is 0 Å². The van der Waals surface area contributed by atoms with Crippen molar-refractivity contribution in [1.29, 1.82) is 0 Å². The quantitative estimate of drug-likeness (QED) is 0.709. The highest BCUT2D eigenvalue weighted by Crippen LogP contribution is 2.17. The Morgan fingerprint density at radius 2 is 1.82 bits per heavy atom. The van der Waals surface area contributed by atoms with Gasteiger partial charge < -0.3 is 20.4 Å². The number of piperazine rings is 1. The number of benzene rings is 1. The van der Waals surface area contributed by atoms with Gasteiger partial charge in [0.25, 0.3) is 0 Å². The zero-order valence-corrected chi connectivity index (χ0v) is 14.3. The number of carbonyl (C=O) groups is 1. The monoisotopic (exact) mass is 321 g/mol. The van der Waals surface area contributed by atoms with Gasteiger partial charge in [-0.2, -0.15) is 0 Å². The Bertz CT molecular complexity index is 521. The van der Waals surface area contributed by atoms with Crippen LogP contribution in [0, 0.1) is 5.92 Å². The first kappa shape index (κ1) is 16.7. The highest BCUT2D eigenvalue weighted by Gasteiger charge is 2.16. The van der Waals surface area contributed by atoms with Crippen LogP contribution in [0.15, 0.2) is 24.3 Å². The molecule has 5 nitrogen and oxygen atoms in total. The van der Waals surface area contributed by atoms with Crippen LogP contribution in [0.5, 0.6) is 0 Å². The van der Waals surface area contributed by atoms with Gasteiger partial charge in [-0.05, 0) is 36.5 Å². The molecule has 1 fully saturated rings. The van der Waals surface area contributed by atoms with Crippen molar-refractivity contribution in [2.75, 3.05) is 43.4 Å². The first-order chi connectivity index (χ1) is 10.5. The second-order valence-corrected chi connectivity index (χ2v) is 6.50. The third-order valence-corrected chi connectivity index (χ3v) is 4.07. The topological polar surface area (TPSA) is 48.8 Å². The van der Waals surface area contributed by atoms with Crippen LogP contribution in [0.25, 0.3) is 0 Å². The SMILES string of the molecule is CC(C)C(=O)NC(=S)Nc1ccc(N2CC[NH+](C)CC2)cc1. The Balaban J connectivity index is 1.89.